The van der Waals surface area contributed by atoms with Crippen LogP contribution in [0, 0.1) is 6.92 Å². The molecule has 3 nitrogen and oxygen atoms in total. The zero-order valence-corrected chi connectivity index (χ0v) is 11.4. The summed E-state index contributed by atoms with van der Waals surface area (Å²) in [5.74, 6) is 0.914. The van der Waals surface area contributed by atoms with Crippen LogP contribution in [0.3, 0.4) is 0 Å². The van der Waals surface area contributed by atoms with Crippen LogP contribution in [0.2, 0.25) is 0 Å². The highest BCUT2D eigenvalue weighted by atomic mass is 16.5. The summed E-state index contributed by atoms with van der Waals surface area (Å²) in [6.07, 6.45) is 2.36. The molecule has 0 N–H and O–H groups in total. The number of rotatable bonds is 3. The van der Waals surface area contributed by atoms with E-state index < -0.39 is 0 Å². The van der Waals surface area contributed by atoms with Crippen LogP contribution in [0.15, 0.2) is 18.2 Å². The number of carbonyl (C=O) groups excluding carboxylic acids is 1. The fraction of sp³-hybridized carbons (Fsp3) is 0.533. The summed E-state index contributed by atoms with van der Waals surface area (Å²) in [5, 5.41) is 0. The van der Waals surface area contributed by atoms with Crippen LogP contribution < -0.4 is 4.74 Å². The van der Waals surface area contributed by atoms with Crippen LogP contribution in [0.25, 0.3) is 0 Å². The van der Waals surface area contributed by atoms with Gasteiger partial charge in [-0.2, -0.15) is 0 Å². The van der Waals surface area contributed by atoms with Crippen molar-refractivity contribution < 1.29 is 9.53 Å². The molecule has 1 saturated heterocycles. The van der Waals surface area contributed by atoms with Gasteiger partial charge in [0.2, 0.25) is 0 Å². The van der Waals surface area contributed by atoms with Gasteiger partial charge in [0, 0.05) is 18.7 Å². The molecule has 0 atom stereocenters. The van der Waals surface area contributed by atoms with Crippen molar-refractivity contribution in [3.8, 4) is 5.75 Å². The minimum Gasteiger partial charge on any atom is -0.491 e. The largest absolute Gasteiger partial charge is 0.491 e. The first-order valence-corrected chi connectivity index (χ1v) is 6.64. The predicted molar refractivity (Wildman–Crippen MR) is 72.1 cm³/mol. The number of ether oxygens (including phenoxy) is 1. The molecule has 0 unspecified atom stereocenters. The van der Waals surface area contributed by atoms with Gasteiger partial charge in [-0.25, -0.2) is 0 Å². The number of likely N-dealkylation sites (tertiary alicyclic amines) is 1. The minimum atomic E-state index is 0.126. The van der Waals surface area contributed by atoms with Gasteiger partial charge in [0.1, 0.15) is 5.75 Å². The van der Waals surface area contributed by atoms with Crippen molar-refractivity contribution in [2.45, 2.75) is 39.7 Å². The molecule has 0 aliphatic carbocycles. The molecule has 1 aliphatic heterocycles. The molecule has 1 amide bonds. The first kappa shape index (κ1) is 12.9. The van der Waals surface area contributed by atoms with E-state index in [-0.39, 0.29) is 12.0 Å². The number of nitrogens with zero attached hydrogens (tertiary/aromatic N) is 1. The number of amides is 1. The summed E-state index contributed by atoms with van der Waals surface area (Å²) < 4.78 is 5.68. The van der Waals surface area contributed by atoms with E-state index in [0.29, 0.717) is 0 Å². The molecule has 18 heavy (non-hydrogen) atoms. The van der Waals surface area contributed by atoms with Crippen molar-refractivity contribution >= 4 is 5.91 Å². The van der Waals surface area contributed by atoms with E-state index in [1.165, 1.54) is 0 Å². The molecular formula is C15H21NO2. The molecule has 1 fully saturated rings. The second-order valence-corrected chi connectivity index (χ2v) is 5.20. The van der Waals surface area contributed by atoms with Gasteiger partial charge >= 0.3 is 0 Å². The Morgan fingerprint density at radius 3 is 2.50 bits per heavy atom. The van der Waals surface area contributed by atoms with Crippen LogP contribution in [0.4, 0.5) is 0 Å². The molecule has 1 heterocycles. The van der Waals surface area contributed by atoms with E-state index in [4.69, 9.17) is 4.74 Å². The van der Waals surface area contributed by atoms with Gasteiger partial charge in [0.25, 0.3) is 5.91 Å². The molecule has 0 radical (unpaired) electrons. The highest BCUT2D eigenvalue weighted by molar-refractivity contribution is 5.95. The van der Waals surface area contributed by atoms with E-state index >= 15 is 0 Å². The number of benzene rings is 1. The smallest absolute Gasteiger partial charge is 0.253 e. The maximum atomic E-state index is 12.3. The fourth-order valence-electron chi connectivity index (χ4n) is 2.31. The first-order valence-electron chi connectivity index (χ1n) is 6.64. The highest BCUT2D eigenvalue weighted by Gasteiger charge is 2.20. The topological polar surface area (TPSA) is 29.5 Å². The molecule has 0 aromatic heterocycles. The standard InChI is InChI=1S/C15H21NO2/c1-11(2)18-14-9-12(3)8-13(10-14)15(17)16-6-4-5-7-16/h8-11H,4-7H2,1-3H3. The van der Waals surface area contributed by atoms with Gasteiger partial charge in [-0.1, -0.05) is 0 Å². The van der Waals surface area contributed by atoms with Crippen molar-refractivity contribution in [1.82, 2.24) is 4.90 Å². The zero-order valence-electron chi connectivity index (χ0n) is 11.4. The Morgan fingerprint density at radius 2 is 1.89 bits per heavy atom. The Morgan fingerprint density at radius 1 is 1.22 bits per heavy atom. The summed E-state index contributed by atoms with van der Waals surface area (Å²) >= 11 is 0. The highest BCUT2D eigenvalue weighted by Crippen LogP contribution is 2.21. The molecular weight excluding hydrogens is 226 g/mol. The van der Waals surface area contributed by atoms with Crippen molar-refractivity contribution in [1.29, 1.82) is 0 Å². The second kappa shape index (κ2) is 5.42. The Balaban J connectivity index is 2.21. The van der Waals surface area contributed by atoms with Crippen molar-refractivity contribution in [3.05, 3.63) is 29.3 Å². The van der Waals surface area contributed by atoms with Gasteiger partial charge in [0.15, 0.2) is 0 Å². The Kier molecular flexibility index (Phi) is 3.90. The summed E-state index contributed by atoms with van der Waals surface area (Å²) in [4.78, 5) is 14.2. The minimum absolute atomic E-state index is 0.126. The Bertz CT molecular complexity index is 434. The van der Waals surface area contributed by atoms with E-state index in [2.05, 4.69) is 0 Å². The van der Waals surface area contributed by atoms with Crippen LogP contribution in [0.1, 0.15) is 42.6 Å². The molecule has 0 bridgehead atoms. The third kappa shape index (κ3) is 3.03. The monoisotopic (exact) mass is 247 g/mol. The number of carbonyl (C=O) groups is 1. The normalized spacial score (nSPS) is 15.2. The second-order valence-electron chi connectivity index (χ2n) is 5.20. The lowest BCUT2D eigenvalue weighted by atomic mass is 10.1. The number of aryl methyl sites for hydroxylation is 1. The molecule has 2 rings (SSSR count). The van der Waals surface area contributed by atoms with E-state index in [1.54, 1.807) is 0 Å². The van der Waals surface area contributed by atoms with Crippen LogP contribution in [-0.2, 0) is 0 Å². The van der Waals surface area contributed by atoms with Crippen molar-refractivity contribution in [2.75, 3.05) is 13.1 Å². The summed E-state index contributed by atoms with van der Waals surface area (Å²) in [5.41, 5.74) is 1.81. The van der Waals surface area contributed by atoms with Crippen molar-refractivity contribution in [2.24, 2.45) is 0 Å². The third-order valence-corrected chi connectivity index (χ3v) is 3.06. The maximum Gasteiger partial charge on any atom is 0.253 e. The lowest BCUT2D eigenvalue weighted by Gasteiger charge is -2.17. The quantitative estimate of drug-likeness (QED) is 0.821. The third-order valence-electron chi connectivity index (χ3n) is 3.06. The van der Waals surface area contributed by atoms with Crippen LogP contribution in [-0.4, -0.2) is 30.0 Å². The number of hydrogen-bond acceptors (Lipinski definition) is 2. The summed E-state index contributed by atoms with van der Waals surface area (Å²) in [6, 6.07) is 5.77. The van der Waals surface area contributed by atoms with E-state index in [9.17, 15) is 4.79 Å². The predicted octanol–water partition coefficient (Wildman–Crippen LogP) is 3.02. The SMILES string of the molecule is Cc1cc(OC(C)C)cc(C(=O)N2CCCC2)c1. The van der Waals surface area contributed by atoms with Crippen molar-refractivity contribution in [3.63, 3.8) is 0 Å². The average Bonchev–Trinajstić information content (AvgIpc) is 2.79. The summed E-state index contributed by atoms with van der Waals surface area (Å²) in [7, 11) is 0. The van der Waals surface area contributed by atoms with Crippen LogP contribution in [0.5, 0.6) is 5.75 Å². The molecule has 1 aromatic rings. The van der Waals surface area contributed by atoms with Gasteiger partial charge in [0.05, 0.1) is 6.10 Å². The molecule has 1 aromatic carbocycles. The first-order chi connectivity index (χ1) is 8.56. The maximum absolute atomic E-state index is 12.3. The van der Waals surface area contributed by atoms with Crippen LogP contribution >= 0.6 is 0 Å². The number of hydrogen-bond donors (Lipinski definition) is 0. The Hall–Kier alpha value is -1.51. The van der Waals surface area contributed by atoms with Gasteiger partial charge < -0.3 is 9.64 Å². The van der Waals surface area contributed by atoms with E-state index in [1.807, 2.05) is 43.9 Å². The molecule has 0 saturated carbocycles. The van der Waals surface area contributed by atoms with Gasteiger partial charge in [-0.05, 0) is 57.4 Å². The fourth-order valence-corrected chi connectivity index (χ4v) is 2.31. The van der Waals surface area contributed by atoms with E-state index in [0.717, 1.165) is 42.8 Å². The lowest BCUT2D eigenvalue weighted by molar-refractivity contribution is 0.0792. The lowest BCUT2D eigenvalue weighted by Crippen LogP contribution is -2.27. The Labute approximate surface area is 109 Å². The van der Waals surface area contributed by atoms with Gasteiger partial charge in [-0.3, -0.25) is 4.79 Å². The summed E-state index contributed by atoms with van der Waals surface area (Å²) in [6.45, 7) is 7.74. The molecule has 0 spiro atoms. The molecule has 1 aliphatic rings. The van der Waals surface area contributed by atoms with Gasteiger partial charge in [-0.15, -0.1) is 0 Å². The molecule has 3 heteroatoms. The average molecular weight is 247 g/mol. The molecule has 98 valence electrons. The zero-order chi connectivity index (χ0) is 13.1.